The molecule has 1 amide bonds. The minimum atomic E-state index is -0.776. The molecule has 0 fully saturated rings. The Morgan fingerprint density at radius 2 is 2.30 bits per heavy atom. The standard InChI is InChI=1S/C14H22N2O3S/c1-19-11-5-3-4-10(8-11)13(17)9-16-14(18)12(15)6-7-20-2/h3-5,8,12-13,17H,6-7,9,15H2,1-2H3,(H,16,18)/t12-,13?/m0/s1. The summed E-state index contributed by atoms with van der Waals surface area (Å²) in [6, 6.07) is 6.59. The first-order valence-corrected chi connectivity index (χ1v) is 7.82. The first kappa shape index (κ1) is 16.8. The Morgan fingerprint density at radius 1 is 1.55 bits per heavy atom. The van der Waals surface area contributed by atoms with Crippen LogP contribution in [0.15, 0.2) is 24.3 Å². The summed E-state index contributed by atoms with van der Waals surface area (Å²) in [5.74, 6) is 1.28. The molecule has 1 rings (SSSR count). The fourth-order valence-electron chi connectivity index (χ4n) is 1.67. The van der Waals surface area contributed by atoms with E-state index in [4.69, 9.17) is 10.5 Å². The molecule has 1 unspecified atom stereocenters. The molecule has 1 aromatic carbocycles. The number of amides is 1. The van der Waals surface area contributed by atoms with Gasteiger partial charge in [-0.25, -0.2) is 0 Å². The minimum absolute atomic E-state index is 0.138. The fraction of sp³-hybridized carbons (Fsp3) is 0.500. The van der Waals surface area contributed by atoms with Gasteiger partial charge in [0.2, 0.25) is 5.91 Å². The van der Waals surface area contributed by atoms with Gasteiger partial charge in [-0.2, -0.15) is 11.8 Å². The number of carbonyl (C=O) groups is 1. The summed E-state index contributed by atoms with van der Waals surface area (Å²) in [4.78, 5) is 11.7. The molecule has 2 atom stereocenters. The molecular formula is C14H22N2O3S. The van der Waals surface area contributed by atoms with Crippen molar-refractivity contribution >= 4 is 17.7 Å². The molecule has 0 aliphatic carbocycles. The number of aliphatic hydroxyl groups excluding tert-OH is 1. The third-order valence-corrected chi connectivity index (χ3v) is 3.56. The molecule has 5 nitrogen and oxygen atoms in total. The van der Waals surface area contributed by atoms with Crippen molar-refractivity contribution in [2.75, 3.05) is 25.7 Å². The molecular weight excluding hydrogens is 276 g/mol. The first-order chi connectivity index (χ1) is 9.58. The number of hydrogen-bond acceptors (Lipinski definition) is 5. The Balaban J connectivity index is 2.45. The van der Waals surface area contributed by atoms with Crippen LogP contribution in [0.2, 0.25) is 0 Å². The molecule has 0 aliphatic rings. The van der Waals surface area contributed by atoms with Crippen molar-refractivity contribution in [1.29, 1.82) is 0 Å². The van der Waals surface area contributed by atoms with E-state index < -0.39 is 12.1 Å². The number of benzene rings is 1. The van der Waals surface area contributed by atoms with Gasteiger partial charge in [0.05, 0.1) is 19.3 Å². The van der Waals surface area contributed by atoms with Crippen molar-refractivity contribution in [2.24, 2.45) is 5.73 Å². The molecule has 0 saturated heterocycles. The average molecular weight is 298 g/mol. The third kappa shape index (κ3) is 5.40. The van der Waals surface area contributed by atoms with E-state index in [9.17, 15) is 9.90 Å². The normalized spacial score (nSPS) is 13.6. The molecule has 6 heteroatoms. The number of carbonyl (C=O) groups excluding carboxylic acids is 1. The number of nitrogens with two attached hydrogens (primary N) is 1. The van der Waals surface area contributed by atoms with Gasteiger partial charge < -0.3 is 20.9 Å². The number of nitrogens with one attached hydrogen (secondary N) is 1. The van der Waals surface area contributed by atoms with Crippen LogP contribution in [0, 0.1) is 0 Å². The Morgan fingerprint density at radius 3 is 2.95 bits per heavy atom. The summed E-state index contributed by atoms with van der Waals surface area (Å²) in [5, 5.41) is 12.7. The lowest BCUT2D eigenvalue weighted by Crippen LogP contribution is -2.42. The molecule has 20 heavy (non-hydrogen) atoms. The van der Waals surface area contributed by atoms with Crippen LogP contribution in [0.25, 0.3) is 0 Å². The van der Waals surface area contributed by atoms with Gasteiger partial charge in [-0.15, -0.1) is 0 Å². The zero-order valence-corrected chi connectivity index (χ0v) is 12.7. The number of methoxy groups -OCH3 is 1. The Kier molecular flexibility index (Phi) is 7.43. The van der Waals surface area contributed by atoms with Crippen molar-refractivity contribution in [3.8, 4) is 5.75 Å². The van der Waals surface area contributed by atoms with E-state index in [1.165, 1.54) is 0 Å². The third-order valence-electron chi connectivity index (χ3n) is 2.92. The summed E-state index contributed by atoms with van der Waals surface area (Å²) >= 11 is 1.65. The molecule has 0 radical (unpaired) electrons. The lowest BCUT2D eigenvalue weighted by Gasteiger charge is -2.15. The lowest BCUT2D eigenvalue weighted by atomic mass is 10.1. The van der Waals surface area contributed by atoms with E-state index in [0.29, 0.717) is 17.7 Å². The van der Waals surface area contributed by atoms with Gasteiger partial charge in [0.1, 0.15) is 5.75 Å². The van der Waals surface area contributed by atoms with Crippen LogP contribution in [-0.2, 0) is 4.79 Å². The number of aliphatic hydroxyl groups is 1. The lowest BCUT2D eigenvalue weighted by molar-refractivity contribution is -0.122. The van der Waals surface area contributed by atoms with Crippen molar-refractivity contribution < 1.29 is 14.6 Å². The Labute approximate surface area is 123 Å². The van der Waals surface area contributed by atoms with Crippen LogP contribution in [0.4, 0.5) is 0 Å². The van der Waals surface area contributed by atoms with Crippen LogP contribution in [0.3, 0.4) is 0 Å². The second-order valence-electron chi connectivity index (χ2n) is 4.43. The zero-order chi connectivity index (χ0) is 15.0. The van der Waals surface area contributed by atoms with E-state index >= 15 is 0 Å². The van der Waals surface area contributed by atoms with Crippen molar-refractivity contribution in [3.63, 3.8) is 0 Å². The molecule has 0 aromatic heterocycles. The molecule has 4 N–H and O–H groups in total. The molecule has 0 heterocycles. The molecule has 0 saturated carbocycles. The van der Waals surface area contributed by atoms with E-state index in [-0.39, 0.29) is 12.5 Å². The van der Waals surface area contributed by atoms with Gasteiger partial charge in [0.15, 0.2) is 0 Å². The van der Waals surface area contributed by atoms with E-state index in [1.54, 1.807) is 43.1 Å². The number of hydrogen-bond donors (Lipinski definition) is 3. The van der Waals surface area contributed by atoms with Gasteiger partial charge >= 0.3 is 0 Å². The minimum Gasteiger partial charge on any atom is -0.497 e. The molecule has 0 spiro atoms. The summed E-state index contributed by atoms with van der Waals surface area (Å²) in [6.07, 6.45) is 1.82. The topological polar surface area (TPSA) is 84.6 Å². The van der Waals surface area contributed by atoms with Gasteiger partial charge in [-0.3, -0.25) is 4.79 Å². The summed E-state index contributed by atoms with van der Waals surface area (Å²) in [5.41, 5.74) is 6.44. The monoisotopic (exact) mass is 298 g/mol. The second-order valence-corrected chi connectivity index (χ2v) is 5.41. The van der Waals surface area contributed by atoms with Gasteiger partial charge in [-0.05, 0) is 36.1 Å². The number of thioether (sulfide) groups is 1. The molecule has 1 aromatic rings. The Bertz CT molecular complexity index is 429. The van der Waals surface area contributed by atoms with Gasteiger partial charge in [-0.1, -0.05) is 12.1 Å². The second kappa shape index (κ2) is 8.84. The van der Waals surface area contributed by atoms with E-state index in [2.05, 4.69) is 5.32 Å². The molecule has 0 aliphatic heterocycles. The zero-order valence-electron chi connectivity index (χ0n) is 11.8. The maximum Gasteiger partial charge on any atom is 0.237 e. The van der Waals surface area contributed by atoms with Crippen LogP contribution >= 0.6 is 11.8 Å². The molecule has 112 valence electrons. The highest BCUT2D eigenvalue weighted by molar-refractivity contribution is 7.98. The summed E-state index contributed by atoms with van der Waals surface area (Å²) < 4.78 is 5.09. The summed E-state index contributed by atoms with van der Waals surface area (Å²) in [6.45, 7) is 0.138. The Hall–Kier alpha value is -1.24. The van der Waals surface area contributed by atoms with Crippen molar-refractivity contribution in [1.82, 2.24) is 5.32 Å². The van der Waals surface area contributed by atoms with Crippen LogP contribution in [0.5, 0.6) is 5.75 Å². The highest BCUT2D eigenvalue weighted by atomic mass is 32.2. The highest BCUT2D eigenvalue weighted by Gasteiger charge is 2.15. The summed E-state index contributed by atoms with van der Waals surface area (Å²) in [7, 11) is 1.57. The maximum absolute atomic E-state index is 11.7. The number of ether oxygens (including phenoxy) is 1. The predicted molar refractivity (Wildman–Crippen MR) is 81.9 cm³/mol. The van der Waals surface area contributed by atoms with Crippen molar-refractivity contribution in [2.45, 2.75) is 18.6 Å². The predicted octanol–water partition coefficient (Wildman–Crippen LogP) is 0.925. The smallest absolute Gasteiger partial charge is 0.237 e. The molecule has 0 bridgehead atoms. The van der Waals surface area contributed by atoms with E-state index in [1.807, 2.05) is 6.26 Å². The highest BCUT2D eigenvalue weighted by Crippen LogP contribution is 2.18. The first-order valence-electron chi connectivity index (χ1n) is 6.42. The van der Waals surface area contributed by atoms with Crippen LogP contribution < -0.4 is 15.8 Å². The van der Waals surface area contributed by atoms with Gasteiger partial charge in [0, 0.05) is 6.54 Å². The maximum atomic E-state index is 11.7. The number of rotatable bonds is 8. The largest absolute Gasteiger partial charge is 0.497 e. The van der Waals surface area contributed by atoms with E-state index in [0.717, 1.165) is 5.75 Å². The quantitative estimate of drug-likeness (QED) is 0.665. The average Bonchev–Trinajstić information content (AvgIpc) is 2.49. The SMILES string of the molecule is COc1cccc(C(O)CNC(=O)[C@@H](N)CCSC)c1. The van der Waals surface area contributed by atoms with Gasteiger partial charge in [0.25, 0.3) is 0 Å². The van der Waals surface area contributed by atoms with Crippen LogP contribution in [-0.4, -0.2) is 42.7 Å². The van der Waals surface area contributed by atoms with Crippen molar-refractivity contribution in [3.05, 3.63) is 29.8 Å². The van der Waals surface area contributed by atoms with Crippen LogP contribution in [0.1, 0.15) is 18.1 Å². The fourth-order valence-corrected chi connectivity index (χ4v) is 2.16.